The van der Waals surface area contributed by atoms with Gasteiger partial charge in [0, 0.05) is 12.1 Å². The highest BCUT2D eigenvalue weighted by Crippen LogP contribution is 2.33. The van der Waals surface area contributed by atoms with Crippen LogP contribution in [0.4, 0.5) is 6.01 Å². The molecule has 1 aliphatic rings. The SMILES string of the molecule is CN(C)C1(CNc2nc(C(=O)O)co2)CCCC1. The third kappa shape index (κ3) is 2.48. The van der Waals surface area contributed by atoms with Crippen molar-refractivity contribution in [3.05, 3.63) is 12.0 Å². The van der Waals surface area contributed by atoms with E-state index in [4.69, 9.17) is 9.52 Å². The molecule has 0 aromatic carbocycles. The lowest BCUT2D eigenvalue weighted by Gasteiger charge is -2.36. The van der Waals surface area contributed by atoms with Gasteiger partial charge in [0.15, 0.2) is 5.69 Å². The number of nitrogens with zero attached hydrogens (tertiary/aromatic N) is 2. The van der Waals surface area contributed by atoms with Gasteiger partial charge in [-0.3, -0.25) is 0 Å². The number of carboxylic acid groups (broad SMARTS) is 1. The van der Waals surface area contributed by atoms with Crippen LogP contribution in [0.25, 0.3) is 0 Å². The Hall–Kier alpha value is -1.56. The number of oxazole rings is 1. The Labute approximate surface area is 106 Å². The van der Waals surface area contributed by atoms with Crippen LogP contribution in [0.3, 0.4) is 0 Å². The van der Waals surface area contributed by atoms with Crippen molar-refractivity contribution < 1.29 is 14.3 Å². The molecular weight excluding hydrogens is 234 g/mol. The molecule has 2 rings (SSSR count). The van der Waals surface area contributed by atoms with Gasteiger partial charge in [-0.25, -0.2) is 4.79 Å². The maximum Gasteiger partial charge on any atom is 0.357 e. The van der Waals surface area contributed by atoms with E-state index in [2.05, 4.69) is 29.3 Å². The number of nitrogens with one attached hydrogen (secondary N) is 1. The van der Waals surface area contributed by atoms with Gasteiger partial charge in [0.1, 0.15) is 6.26 Å². The largest absolute Gasteiger partial charge is 0.476 e. The van der Waals surface area contributed by atoms with Gasteiger partial charge in [-0.15, -0.1) is 0 Å². The Morgan fingerprint density at radius 1 is 1.56 bits per heavy atom. The van der Waals surface area contributed by atoms with Crippen molar-refractivity contribution in [1.82, 2.24) is 9.88 Å². The van der Waals surface area contributed by atoms with Crippen LogP contribution in [0.2, 0.25) is 0 Å². The van der Waals surface area contributed by atoms with Gasteiger partial charge >= 0.3 is 5.97 Å². The molecule has 0 saturated heterocycles. The Kier molecular flexibility index (Phi) is 3.56. The fourth-order valence-electron chi connectivity index (χ4n) is 2.51. The van der Waals surface area contributed by atoms with Crippen LogP contribution in [0.5, 0.6) is 0 Å². The Morgan fingerprint density at radius 3 is 2.72 bits per heavy atom. The first-order valence-corrected chi connectivity index (χ1v) is 6.14. The zero-order valence-electron chi connectivity index (χ0n) is 10.8. The van der Waals surface area contributed by atoms with Crippen LogP contribution in [0.1, 0.15) is 36.2 Å². The third-order valence-electron chi connectivity index (χ3n) is 3.77. The van der Waals surface area contributed by atoms with E-state index in [1.165, 1.54) is 12.8 Å². The highest BCUT2D eigenvalue weighted by molar-refractivity contribution is 5.85. The molecule has 1 heterocycles. The maximum atomic E-state index is 10.7. The number of aromatic nitrogens is 1. The summed E-state index contributed by atoms with van der Waals surface area (Å²) in [5.41, 5.74) is 0.0560. The summed E-state index contributed by atoms with van der Waals surface area (Å²) < 4.78 is 5.09. The quantitative estimate of drug-likeness (QED) is 0.831. The first-order valence-electron chi connectivity index (χ1n) is 6.14. The molecule has 100 valence electrons. The highest BCUT2D eigenvalue weighted by atomic mass is 16.4. The summed E-state index contributed by atoms with van der Waals surface area (Å²) in [5, 5.41) is 11.9. The van der Waals surface area contributed by atoms with Crippen LogP contribution in [0.15, 0.2) is 10.7 Å². The van der Waals surface area contributed by atoms with Crippen molar-refractivity contribution in [2.75, 3.05) is 26.0 Å². The summed E-state index contributed by atoms with van der Waals surface area (Å²) in [5.74, 6) is -1.07. The third-order valence-corrected chi connectivity index (χ3v) is 3.77. The van der Waals surface area contributed by atoms with Gasteiger partial charge < -0.3 is 19.7 Å². The zero-order chi connectivity index (χ0) is 13.2. The van der Waals surface area contributed by atoms with E-state index in [0.29, 0.717) is 0 Å². The summed E-state index contributed by atoms with van der Waals surface area (Å²) in [6.45, 7) is 0.722. The number of hydrogen-bond acceptors (Lipinski definition) is 5. The van der Waals surface area contributed by atoms with E-state index in [-0.39, 0.29) is 17.2 Å². The predicted octanol–water partition coefficient (Wildman–Crippen LogP) is 1.66. The smallest absolute Gasteiger partial charge is 0.357 e. The number of likely N-dealkylation sites (N-methyl/N-ethyl adjacent to an activating group) is 1. The fourth-order valence-corrected chi connectivity index (χ4v) is 2.51. The second-order valence-electron chi connectivity index (χ2n) is 5.02. The summed E-state index contributed by atoms with van der Waals surface area (Å²) in [6.07, 6.45) is 5.89. The van der Waals surface area contributed by atoms with E-state index in [1.54, 1.807) is 0 Å². The molecular formula is C12H19N3O3. The van der Waals surface area contributed by atoms with Crippen molar-refractivity contribution in [3.63, 3.8) is 0 Å². The van der Waals surface area contributed by atoms with Crippen LogP contribution in [-0.4, -0.2) is 47.1 Å². The number of rotatable bonds is 5. The summed E-state index contributed by atoms with van der Waals surface area (Å²) in [4.78, 5) is 16.8. The molecule has 1 aliphatic carbocycles. The average molecular weight is 253 g/mol. The van der Waals surface area contributed by atoms with Crippen LogP contribution < -0.4 is 5.32 Å². The predicted molar refractivity (Wildman–Crippen MR) is 66.8 cm³/mol. The average Bonchev–Trinajstić information content (AvgIpc) is 2.96. The lowest BCUT2D eigenvalue weighted by molar-refractivity contribution is 0.0690. The number of anilines is 1. The summed E-state index contributed by atoms with van der Waals surface area (Å²) >= 11 is 0. The number of hydrogen-bond donors (Lipinski definition) is 2. The molecule has 0 bridgehead atoms. The second-order valence-corrected chi connectivity index (χ2v) is 5.02. The van der Waals surface area contributed by atoms with E-state index < -0.39 is 5.97 Å². The molecule has 6 nitrogen and oxygen atoms in total. The molecule has 0 unspecified atom stereocenters. The minimum absolute atomic E-state index is 0.0668. The minimum atomic E-state index is -1.07. The molecule has 0 radical (unpaired) electrons. The van der Waals surface area contributed by atoms with Crippen LogP contribution >= 0.6 is 0 Å². The molecule has 1 aromatic heterocycles. The minimum Gasteiger partial charge on any atom is -0.476 e. The Bertz CT molecular complexity index is 422. The van der Waals surface area contributed by atoms with E-state index in [9.17, 15) is 4.79 Å². The molecule has 2 N–H and O–H groups in total. The van der Waals surface area contributed by atoms with Crippen molar-refractivity contribution in [2.45, 2.75) is 31.2 Å². The lowest BCUT2D eigenvalue weighted by Crippen LogP contribution is -2.47. The first-order chi connectivity index (χ1) is 8.53. The van der Waals surface area contributed by atoms with E-state index in [1.807, 2.05) is 0 Å². The number of carbonyl (C=O) groups is 1. The summed E-state index contributed by atoms with van der Waals surface area (Å²) in [6, 6.07) is 0.278. The van der Waals surface area contributed by atoms with Crippen molar-refractivity contribution >= 4 is 12.0 Å². The van der Waals surface area contributed by atoms with E-state index >= 15 is 0 Å². The molecule has 0 amide bonds. The van der Waals surface area contributed by atoms with Gasteiger partial charge in [0.05, 0.1) is 0 Å². The standard InChI is InChI=1S/C12H19N3O3/c1-15(2)12(5-3-4-6-12)8-13-11-14-9(7-18-11)10(16)17/h7H,3-6,8H2,1-2H3,(H,13,14)(H,16,17). The molecule has 0 atom stereocenters. The molecule has 1 aromatic rings. The lowest BCUT2D eigenvalue weighted by atomic mass is 9.96. The summed E-state index contributed by atoms with van der Waals surface area (Å²) in [7, 11) is 4.15. The number of carboxylic acids is 1. The first kappa shape index (κ1) is 12.9. The van der Waals surface area contributed by atoms with Gasteiger partial charge in [0.25, 0.3) is 6.01 Å². The maximum absolute atomic E-state index is 10.7. The van der Waals surface area contributed by atoms with Crippen molar-refractivity contribution in [3.8, 4) is 0 Å². The molecule has 6 heteroatoms. The normalized spacial score (nSPS) is 18.2. The van der Waals surface area contributed by atoms with Gasteiger partial charge in [0.2, 0.25) is 0 Å². The Balaban J connectivity index is 1.99. The van der Waals surface area contributed by atoms with Gasteiger partial charge in [-0.05, 0) is 26.9 Å². The topological polar surface area (TPSA) is 78.6 Å². The van der Waals surface area contributed by atoms with Crippen molar-refractivity contribution in [1.29, 1.82) is 0 Å². The Morgan fingerprint density at radius 2 is 2.22 bits per heavy atom. The molecule has 1 saturated carbocycles. The van der Waals surface area contributed by atoms with E-state index in [0.717, 1.165) is 25.6 Å². The van der Waals surface area contributed by atoms with Crippen molar-refractivity contribution in [2.24, 2.45) is 0 Å². The molecule has 0 aliphatic heterocycles. The van der Waals surface area contributed by atoms with Crippen LogP contribution in [-0.2, 0) is 0 Å². The highest BCUT2D eigenvalue weighted by Gasteiger charge is 2.36. The molecule has 1 fully saturated rings. The van der Waals surface area contributed by atoms with Gasteiger partial charge in [-0.2, -0.15) is 4.98 Å². The fraction of sp³-hybridized carbons (Fsp3) is 0.667. The monoisotopic (exact) mass is 253 g/mol. The molecule has 0 spiro atoms. The van der Waals surface area contributed by atoms with Crippen LogP contribution in [0, 0.1) is 0 Å². The molecule has 18 heavy (non-hydrogen) atoms. The zero-order valence-corrected chi connectivity index (χ0v) is 10.8. The number of aromatic carboxylic acids is 1. The second kappa shape index (κ2) is 4.97. The van der Waals surface area contributed by atoms with Gasteiger partial charge in [-0.1, -0.05) is 12.8 Å².